The standard InChI is InChI=1S/C15H26N4O2/c1-4-18-7-8-19(14(21)9-13(20)11(2)3)10-12(18)15-16-5-6-17-15/h5-6,11-13,20H,4,7-10H2,1-3H3,(H,16,17)/t12-,13-/m1/s1. The number of aromatic amines is 1. The molecular weight excluding hydrogens is 268 g/mol. The van der Waals surface area contributed by atoms with Gasteiger partial charge in [-0.3, -0.25) is 9.69 Å². The van der Waals surface area contributed by atoms with E-state index in [1.54, 1.807) is 6.20 Å². The molecule has 1 aliphatic heterocycles. The number of nitrogens with zero attached hydrogens (tertiary/aromatic N) is 3. The molecular formula is C15H26N4O2. The molecule has 0 aromatic carbocycles. The second kappa shape index (κ2) is 7.04. The fourth-order valence-electron chi connectivity index (χ4n) is 2.69. The fraction of sp³-hybridized carbons (Fsp3) is 0.733. The Morgan fingerprint density at radius 1 is 1.52 bits per heavy atom. The molecule has 2 N–H and O–H groups in total. The largest absolute Gasteiger partial charge is 0.392 e. The molecule has 1 aromatic heterocycles. The van der Waals surface area contributed by atoms with Crippen LogP contribution in [0.15, 0.2) is 12.4 Å². The quantitative estimate of drug-likeness (QED) is 0.850. The first-order chi connectivity index (χ1) is 10.0. The van der Waals surface area contributed by atoms with Crippen LogP contribution in [0.4, 0.5) is 0 Å². The molecule has 0 saturated carbocycles. The number of rotatable bonds is 5. The average molecular weight is 294 g/mol. The maximum absolute atomic E-state index is 12.3. The molecule has 21 heavy (non-hydrogen) atoms. The number of carbonyl (C=O) groups is 1. The Labute approximate surface area is 126 Å². The van der Waals surface area contributed by atoms with Crippen LogP contribution in [-0.2, 0) is 4.79 Å². The molecule has 0 aliphatic carbocycles. The minimum Gasteiger partial charge on any atom is -0.392 e. The zero-order chi connectivity index (χ0) is 15.4. The molecule has 6 nitrogen and oxygen atoms in total. The first-order valence-corrected chi connectivity index (χ1v) is 7.72. The van der Waals surface area contributed by atoms with E-state index in [0.29, 0.717) is 13.1 Å². The van der Waals surface area contributed by atoms with Gasteiger partial charge in [0.2, 0.25) is 5.91 Å². The normalized spacial score (nSPS) is 21.8. The number of likely N-dealkylation sites (N-methyl/N-ethyl adjacent to an activating group) is 1. The Balaban J connectivity index is 2.02. The lowest BCUT2D eigenvalue weighted by molar-refractivity contribution is -0.137. The molecule has 1 amide bonds. The highest BCUT2D eigenvalue weighted by Crippen LogP contribution is 2.23. The fourth-order valence-corrected chi connectivity index (χ4v) is 2.69. The van der Waals surface area contributed by atoms with E-state index < -0.39 is 6.10 Å². The number of amides is 1. The van der Waals surface area contributed by atoms with E-state index in [4.69, 9.17) is 0 Å². The number of aliphatic hydroxyl groups is 1. The van der Waals surface area contributed by atoms with Gasteiger partial charge in [-0.05, 0) is 12.5 Å². The summed E-state index contributed by atoms with van der Waals surface area (Å²) in [5.41, 5.74) is 0. The Hall–Kier alpha value is -1.40. The predicted octanol–water partition coefficient (Wildman–Crippen LogP) is 1.02. The number of H-pyrrole nitrogens is 1. The summed E-state index contributed by atoms with van der Waals surface area (Å²) in [5, 5.41) is 9.90. The highest BCUT2D eigenvalue weighted by atomic mass is 16.3. The number of imidazole rings is 1. The first kappa shape index (κ1) is 16.0. The molecule has 2 heterocycles. The van der Waals surface area contributed by atoms with E-state index >= 15 is 0 Å². The molecule has 6 heteroatoms. The van der Waals surface area contributed by atoms with Gasteiger partial charge in [0.1, 0.15) is 5.82 Å². The third kappa shape index (κ3) is 3.83. The molecule has 118 valence electrons. The summed E-state index contributed by atoms with van der Waals surface area (Å²) in [7, 11) is 0. The Morgan fingerprint density at radius 3 is 2.86 bits per heavy atom. The lowest BCUT2D eigenvalue weighted by atomic mass is 10.0. The van der Waals surface area contributed by atoms with Crippen molar-refractivity contribution < 1.29 is 9.90 Å². The second-order valence-electron chi connectivity index (χ2n) is 5.97. The van der Waals surface area contributed by atoms with Gasteiger partial charge in [0.05, 0.1) is 18.6 Å². The summed E-state index contributed by atoms with van der Waals surface area (Å²) in [6.07, 6.45) is 3.19. The SMILES string of the molecule is CCN1CCN(C(=O)C[C@@H](O)C(C)C)C[C@@H]1c1ncc[nH]1. The van der Waals surface area contributed by atoms with E-state index in [0.717, 1.165) is 18.9 Å². The molecule has 1 aliphatic rings. The van der Waals surface area contributed by atoms with Gasteiger partial charge < -0.3 is 15.0 Å². The molecule has 2 atom stereocenters. The van der Waals surface area contributed by atoms with Gasteiger partial charge in [0.15, 0.2) is 0 Å². The Morgan fingerprint density at radius 2 is 2.29 bits per heavy atom. The molecule has 0 bridgehead atoms. The summed E-state index contributed by atoms with van der Waals surface area (Å²) in [4.78, 5) is 24.0. The van der Waals surface area contributed by atoms with Gasteiger partial charge in [-0.2, -0.15) is 0 Å². The number of aromatic nitrogens is 2. The number of hydrogen-bond donors (Lipinski definition) is 2. The van der Waals surface area contributed by atoms with Gasteiger partial charge in [0, 0.05) is 32.0 Å². The maximum atomic E-state index is 12.3. The number of nitrogens with one attached hydrogen (secondary N) is 1. The van der Waals surface area contributed by atoms with Crippen LogP contribution >= 0.6 is 0 Å². The molecule has 0 unspecified atom stereocenters. The second-order valence-corrected chi connectivity index (χ2v) is 5.97. The maximum Gasteiger partial charge on any atom is 0.225 e. The van der Waals surface area contributed by atoms with Crippen molar-refractivity contribution in [3.8, 4) is 0 Å². The van der Waals surface area contributed by atoms with Crippen LogP contribution in [0.5, 0.6) is 0 Å². The zero-order valence-corrected chi connectivity index (χ0v) is 13.1. The van der Waals surface area contributed by atoms with Crippen LogP contribution in [0.2, 0.25) is 0 Å². The zero-order valence-electron chi connectivity index (χ0n) is 13.1. The number of aliphatic hydroxyl groups excluding tert-OH is 1. The molecule has 1 aromatic rings. The Kier molecular flexibility index (Phi) is 5.36. The van der Waals surface area contributed by atoms with Crippen LogP contribution < -0.4 is 0 Å². The molecule has 2 rings (SSSR count). The van der Waals surface area contributed by atoms with E-state index in [2.05, 4.69) is 21.8 Å². The van der Waals surface area contributed by atoms with Gasteiger partial charge >= 0.3 is 0 Å². The number of hydrogen-bond acceptors (Lipinski definition) is 4. The van der Waals surface area contributed by atoms with Gasteiger partial charge in [0.25, 0.3) is 0 Å². The monoisotopic (exact) mass is 294 g/mol. The lowest BCUT2D eigenvalue weighted by Gasteiger charge is -2.40. The third-order valence-electron chi connectivity index (χ3n) is 4.24. The van der Waals surface area contributed by atoms with Crippen molar-refractivity contribution in [3.05, 3.63) is 18.2 Å². The van der Waals surface area contributed by atoms with E-state index in [-0.39, 0.29) is 24.3 Å². The molecule has 1 saturated heterocycles. The smallest absolute Gasteiger partial charge is 0.225 e. The van der Waals surface area contributed by atoms with Crippen LogP contribution in [0.3, 0.4) is 0 Å². The third-order valence-corrected chi connectivity index (χ3v) is 4.24. The summed E-state index contributed by atoms with van der Waals surface area (Å²) >= 11 is 0. The summed E-state index contributed by atoms with van der Waals surface area (Å²) in [5.74, 6) is 1.04. The average Bonchev–Trinajstić information content (AvgIpc) is 3.00. The summed E-state index contributed by atoms with van der Waals surface area (Å²) in [6, 6.07) is 0.110. The minimum atomic E-state index is -0.566. The van der Waals surface area contributed by atoms with Crippen molar-refractivity contribution in [2.75, 3.05) is 26.2 Å². The number of carbonyl (C=O) groups excluding carboxylic acids is 1. The van der Waals surface area contributed by atoms with E-state index in [9.17, 15) is 9.90 Å². The van der Waals surface area contributed by atoms with Crippen molar-refractivity contribution in [2.24, 2.45) is 5.92 Å². The van der Waals surface area contributed by atoms with Crippen LogP contribution in [-0.4, -0.2) is 63.1 Å². The predicted molar refractivity (Wildman–Crippen MR) is 80.6 cm³/mol. The Bertz CT molecular complexity index is 447. The first-order valence-electron chi connectivity index (χ1n) is 7.72. The van der Waals surface area contributed by atoms with Gasteiger partial charge in [-0.15, -0.1) is 0 Å². The van der Waals surface area contributed by atoms with E-state index in [1.165, 1.54) is 0 Å². The summed E-state index contributed by atoms with van der Waals surface area (Å²) < 4.78 is 0. The summed E-state index contributed by atoms with van der Waals surface area (Å²) in [6.45, 7) is 9.10. The topological polar surface area (TPSA) is 72.5 Å². The van der Waals surface area contributed by atoms with Crippen molar-refractivity contribution in [3.63, 3.8) is 0 Å². The van der Waals surface area contributed by atoms with Gasteiger partial charge in [-0.1, -0.05) is 20.8 Å². The number of piperazine rings is 1. The van der Waals surface area contributed by atoms with E-state index in [1.807, 2.05) is 24.9 Å². The van der Waals surface area contributed by atoms with Crippen LogP contribution in [0, 0.1) is 5.92 Å². The minimum absolute atomic E-state index is 0.0310. The highest BCUT2D eigenvalue weighted by Gasteiger charge is 2.31. The highest BCUT2D eigenvalue weighted by molar-refractivity contribution is 5.76. The van der Waals surface area contributed by atoms with Crippen LogP contribution in [0.1, 0.15) is 39.1 Å². The van der Waals surface area contributed by atoms with Crippen molar-refractivity contribution in [2.45, 2.75) is 39.3 Å². The van der Waals surface area contributed by atoms with Crippen LogP contribution in [0.25, 0.3) is 0 Å². The van der Waals surface area contributed by atoms with Crippen molar-refractivity contribution >= 4 is 5.91 Å². The lowest BCUT2D eigenvalue weighted by Crippen LogP contribution is -2.51. The van der Waals surface area contributed by atoms with Crippen molar-refractivity contribution in [1.29, 1.82) is 0 Å². The molecule has 0 radical (unpaired) electrons. The molecule has 1 fully saturated rings. The van der Waals surface area contributed by atoms with Gasteiger partial charge in [-0.25, -0.2) is 4.98 Å². The molecule has 0 spiro atoms. The van der Waals surface area contributed by atoms with Crippen molar-refractivity contribution in [1.82, 2.24) is 19.8 Å².